The first-order valence-corrected chi connectivity index (χ1v) is 15.9. The minimum absolute atomic E-state index is 0.121. The Kier molecular flexibility index (Phi) is 8.02. The molecule has 0 spiro atoms. The van der Waals surface area contributed by atoms with Gasteiger partial charge in [-0.1, -0.05) is 24.3 Å². The average Bonchev–Trinajstić information content (AvgIpc) is 3.51. The summed E-state index contributed by atoms with van der Waals surface area (Å²) in [6, 6.07) is 19.4. The Morgan fingerprint density at radius 1 is 0.925 bits per heavy atom. The van der Waals surface area contributed by atoms with Crippen molar-refractivity contribution >= 4 is 31.6 Å². The summed E-state index contributed by atoms with van der Waals surface area (Å²) in [5.41, 5.74) is 1.24. The quantitative estimate of drug-likeness (QED) is 0.383. The smallest absolute Gasteiger partial charge is 0.264 e. The van der Waals surface area contributed by atoms with Crippen LogP contribution in [0.5, 0.6) is 11.5 Å². The number of rotatable bonds is 9. The molecule has 10 nitrogen and oxygen atoms in total. The van der Waals surface area contributed by atoms with Crippen LogP contribution in [-0.2, 0) is 24.8 Å². The number of hydrogen-bond donors (Lipinski definition) is 1. The van der Waals surface area contributed by atoms with E-state index in [0.717, 1.165) is 18.4 Å². The van der Waals surface area contributed by atoms with Crippen LogP contribution in [-0.4, -0.2) is 65.9 Å². The molecule has 3 aromatic carbocycles. The fourth-order valence-electron chi connectivity index (χ4n) is 4.69. The highest BCUT2D eigenvalue weighted by Crippen LogP contribution is 2.37. The summed E-state index contributed by atoms with van der Waals surface area (Å²) >= 11 is 0. The van der Waals surface area contributed by atoms with Crippen molar-refractivity contribution in [1.29, 1.82) is 0 Å². The third kappa shape index (κ3) is 5.79. The number of fused-ring (bicyclic) bond motifs is 1. The van der Waals surface area contributed by atoms with E-state index in [4.69, 9.17) is 9.47 Å². The molecule has 1 atom stereocenters. The highest BCUT2D eigenvalue weighted by molar-refractivity contribution is 7.92. The molecule has 2 heterocycles. The maximum atomic E-state index is 13.5. The molecule has 0 aliphatic carbocycles. The number of sulfonamides is 2. The van der Waals surface area contributed by atoms with E-state index in [2.05, 4.69) is 5.32 Å². The largest absolute Gasteiger partial charge is 0.492 e. The van der Waals surface area contributed by atoms with E-state index in [1.807, 2.05) is 6.92 Å². The van der Waals surface area contributed by atoms with Crippen LogP contribution < -0.4 is 19.1 Å². The number of nitrogens with zero attached hydrogens (tertiary/aromatic N) is 2. The molecule has 1 fully saturated rings. The van der Waals surface area contributed by atoms with Crippen molar-refractivity contribution < 1.29 is 31.1 Å². The minimum Gasteiger partial charge on any atom is -0.492 e. The van der Waals surface area contributed by atoms with E-state index in [1.54, 1.807) is 48.5 Å². The molecule has 212 valence electrons. The molecule has 1 N–H and O–H groups in total. The predicted molar refractivity (Wildman–Crippen MR) is 150 cm³/mol. The zero-order chi connectivity index (χ0) is 28.3. The first-order valence-electron chi connectivity index (χ1n) is 13.0. The first-order chi connectivity index (χ1) is 19.2. The van der Waals surface area contributed by atoms with E-state index in [0.29, 0.717) is 30.3 Å². The van der Waals surface area contributed by atoms with Gasteiger partial charge in [0, 0.05) is 13.1 Å². The molecule has 40 heavy (non-hydrogen) atoms. The lowest BCUT2D eigenvalue weighted by Crippen LogP contribution is -2.51. The Bertz CT molecular complexity index is 1570. The standard InChI is InChI=1S/C28H31N3O7S2/c1-21-9-14-25-26(19-21)38-27(20-31(25)40(35,36)23-7-3-2-4-8-23)28(32)29-15-18-37-22-10-12-24(13-11-22)39(33,34)30-16-5-6-17-30/h2-4,7-14,19,27H,5-6,15-18,20H2,1H3,(H,29,32)/t27-/m0/s1. The number of benzene rings is 3. The fraction of sp³-hybridized carbons (Fsp3) is 0.321. The van der Waals surface area contributed by atoms with Crippen LogP contribution in [0, 0.1) is 6.92 Å². The third-order valence-electron chi connectivity index (χ3n) is 6.81. The summed E-state index contributed by atoms with van der Waals surface area (Å²) in [5.74, 6) is 0.301. The Hall–Kier alpha value is -3.61. The summed E-state index contributed by atoms with van der Waals surface area (Å²) in [6.07, 6.45) is 0.665. The van der Waals surface area contributed by atoms with Crippen LogP contribution in [0.1, 0.15) is 18.4 Å². The van der Waals surface area contributed by atoms with Crippen molar-refractivity contribution in [1.82, 2.24) is 9.62 Å². The number of ether oxygens (including phenoxy) is 2. The second-order valence-electron chi connectivity index (χ2n) is 9.65. The van der Waals surface area contributed by atoms with Gasteiger partial charge >= 0.3 is 0 Å². The lowest BCUT2D eigenvalue weighted by molar-refractivity contribution is -0.127. The first kappa shape index (κ1) is 27.9. The topological polar surface area (TPSA) is 122 Å². The normalized spacial score (nSPS) is 17.6. The van der Waals surface area contributed by atoms with Gasteiger partial charge in [-0.25, -0.2) is 16.8 Å². The lowest BCUT2D eigenvalue weighted by atomic mass is 10.1. The summed E-state index contributed by atoms with van der Waals surface area (Å²) in [7, 11) is -7.43. The third-order valence-corrected chi connectivity index (χ3v) is 10.5. The van der Waals surface area contributed by atoms with Gasteiger partial charge in [-0.3, -0.25) is 9.10 Å². The fourth-order valence-corrected chi connectivity index (χ4v) is 7.70. The van der Waals surface area contributed by atoms with Crippen LogP contribution in [0.15, 0.2) is 82.6 Å². The molecule has 1 saturated heterocycles. The van der Waals surface area contributed by atoms with Crippen LogP contribution in [0.3, 0.4) is 0 Å². The van der Waals surface area contributed by atoms with E-state index >= 15 is 0 Å². The van der Waals surface area contributed by atoms with Gasteiger partial charge in [-0.05, 0) is 73.9 Å². The predicted octanol–water partition coefficient (Wildman–Crippen LogP) is 2.93. The van der Waals surface area contributed by atoms with Gasteiger partial charge in [0.1, 0.15) is 18.1 Å². The molecule has 0 bridgehead atoms. The Labute approximate surface area is 234 Å². The molecule has 1 amide bonds. The van der Waals surface area contributed by atoms with E-state index in [-0.39, 0.29) is 29.5 Å². The van der Waals surface area contributed by atoms with Crippen molar-refractivity contribution in [3.8, 4) is 11.5 Å². The SMILES string of the molecule is Cc1ccc2c(c1)O[C@H](C(=O)NCCOc1ccc(S(=O)(=O)N3CCCC3)cc1)CN2S(=O)(=O)c1ccccc1. The van der Waals surface area contributed by atoms with E-state index in [1.165, 1.54) is 32.9 Å². The van der Waals surface area contributed by atoms with Gasteiger partial charge in [-0.2, -0.15) is 4.31 Å². The van der Waals surface area contributed by atoms with Gasteiger partial charge in [0.15, 0.2) is 6.10 Å². The van der Waals surface area contributed by atoms with Gasteiger partial charge in [0.2, 0.25) is 10.0 Å². The maximum Gasteiger partial charge on any atom is 0.264 e. The molecule has 2 aliphatic heterocycles. The molecule has 0 radical (unpaired) electrons. The van der Waals surface area contributed by atoms with Gasteiger partial charge in [-0.15, -0.1) is 0 Å². The molecule has 0 unspecified atom stereocenters. The lowest BCUT2D eigenvalue weighted by Gasteiger charge is -2.35. The van der Waals surface area contributed by atoms with Crippen LogP contribution in [0.2, 0.25) is 0 Å². The molecule has 0 saturated carbocycles. The second-order valence-corrected chi connectivity index (χ2v) is 13.4. The number of hydrogen-bond acceptors (Lipinski definition) is 7. The number of anilines is 1. The number of aryl methyl sites for hydroxylation is 1. The molecular formula is C28H31N3O7S2. The maximum absolute atomic E-state index is 13.5. The molecule has 5 rings (SSSR count). The highest BCUT2D eigenvalue weighted by atomic mass is 32.2. The summed E-state index contributed by atoms with van der Waals surface area (Å²) in [5, 5.41) is 2.74. The monoisotopic (exact) mass is 585 g/mol. The van der Waals surface area contributed by atoms with Crippen molar-refractivity contribution in [2.24, 2.45) is 0 Å². The number of carbonyl (C=O) groups excluding carboxylic acids is 1. The van der Waals surface area contributed by atoms with Crippen LogP contribution in [0.4, 0.5) is 5.69 Å². The minimum atomic E-state index is -3.93. The number of amides is 1. The number of carbonyl (C=O) groups is 1. The van der Waals surface area contributed by atoms with Gasteiger partial charge in [0.05, 0.1) is 28.6 Å². The molecule has 2 aliphatic rings. The summed E-state index contributed by atoms with van der Waals surface area (Å²) in [6.45, 7) is 3.00. The van der Waals surface area contributed by atoms with Gasteiger partial charge in [0.25, 0.3) is 15.9 Å². The zero-order valence-corrected chi connectivity index (χ0v) is 23.7. The highest BCUT2D eigenvalue weighted by Gasteiger charge is 2.37. The van der Waals surface area contributed by atoms with Crippen molar-refractivity contribution in [2.45, 2.75) is 35.7 Å². The Morgan fingerprint density at radius 3 is 2.30 bits per heavy atom. The average molecular weight is 586 g/mol. The van der Waals surface area contributed by atoms with Crippen molar-refractivity contribution in [3.05, 3.63) is 78.4 Å². The Morgan fingerprint density at radius 2 is 1.60 bits per heavy atom. The Balaban J connectivity index is 1.20. The van der Waals surface area contributed by atoms with Crippen molar-refractivity contribution in [2.75, 3.05) is 37.1 Å². The van der Waals surface area contributed by atoms with Crippen molar-refractivity contribution in [3.63, 3.8) is 0 Å². The number of nitrogens with one attached hydrogen (secondary N) is 1. The van der Waals surface area contributed by atoms with E-state index < -0.39 is 32.1 Å². The van der Waals surface area contributed by atoms with Crippen LogP contribution >= 0.6 is 0 Å². The second kappa shape index (κ2) is 11.5. The van der Waals surface area contributed by atoms with Gasteiger partial charge < -0.3 is 14.8 Å². The van der Waals surface area contributed by atoms with E-state index in [9.17, 15) is 21.6 Å². The summed E-state index contributed by atoms with van der Waals surface area (Å²) in [4.78, 5) is 13.3. The van der Waals surface area contributed by atoms with Crippen LogP contribution in [0.25, 0.3) is 0 Å². The zero-order valence-electron chi connectivity index (χ0n) is 22.0. The summed E-state index contributed by atoms with van der Waals surface area (Å²) < 4.78 is 66.6. The molecule has 12 heteroatoms. The molecular weight excluding hydrogens is 554 g/mol. The molecule has 0 aromatic heterocycles. The molecule has 3 aromatic rings.